The number of hydrogen-bond donors (Lipinski definition) is 1. The molecule has 0 aromatic heterocycles. The van der Waals surface area contributed by atoms with E-state index < -0.39 is 10.0 Å². The number of aryl methyl sites for hydroxylation is 1. The monoisotopic (exact) mass is 270 g/mol. The van der Waals surface area contributed by atoms with Crippen LogP contribution in [0.25, 0.3) is 0 Å². The molecule has 1 saturated heterocycles. The zero-order valence-electron chi connectivity index (χ0n) is 10.6. The minimum absolute atomic E-state index is 0.366. The molecular weight excluding hydrogens is 252 g/mol. The Hall–Kier alpha value is -1.11. The van der Waals surface area contributed by atoms with Gasteiger partial charge in [0.15, 0.2) is 0 Å². The van der Waals surface area contributed by atoms with E-state index in [2.05, 4.69) is 5.32 Å². The van der Waals surface area contributed by atoms with Crippen molar-refractivity contribution < 1.29 is 13.2 Å². The fourth-order valence-electron chi connectivity index (χ4n) is 2.06. The molecule has 1 aliphatic rings. The predicted molar refractivity (Wildman–Crippen MR) is 69.4 cm³/mol. The number of nitrogens with zero attached hydrogens (tertiary/aromatic N) is 1. The van der Waals surface area contributed by atoms with Crippen molar-refractivity contribution in [1.82, 2.24) is 9.62 Å². The molecule has 5 nitrogen and oxygen atoms in total. The molecule has 18 heavy (non-hydrogen) atoms. The van der Waals surface area contributed by atoms with Crippen molar-refractivity contribution in [2.45, 2.75) is 11.8 Å². The molecule has 0 unspecified atom stereocenters. The SMILES string of the molecule is COc1ccc(S(=O)(=O)N2CCNCC2)c(C)c1. The summed E-state index contributed by atoms with van der Waals surface area (Å²) in [6.45, 7) is 4.24. The van der Waals surface area contributed by atoms with Crippen molar-refractivity contribution >= 4 is 10.0 Å². The topological polar surface area (TPSA) is 58.6 Å². The molecule has 0 radical (unpaired) electrons. The number of nitrogens with one attached hydrogen (secondary N) is 1. The molecule has 0 amide bonds. The van der Waals surface area contributed by atoms with E-state index in [1.165, 1.54) is 4.31 Å². The molecule has 1 aromatic carbocycles. The Kier molecular flexibility index (Phi) is 3.89. The Morgan fingerprint density at radius 1 is 1.28 bits per heavy atom. The second-order valence-corrected chi connectivity index (χ2v) is 6.19. The van der Waals surface area contributed by atoms with Crippen LogP contribution in [0.5, 0.6) is 5.75 Å². The molecule has 1 fully saturated rings. The summed E-state index contributed by atoms with van der Waals surface area (Å²) < 4.78 is 31.5. The first-order valence-electron chi connectivity index (χ1n) is 5.91. The van der Waals surface area contributed by atoms with Crippen LogP contribution < -0.4 is 10.1 Å². The van der Waals surface area contributed by atoms with Gasteiger partial charge in [-0.05, 0) is 30.7 Å². The highest BCUT2D eigenvalue weighted by Crippen LogP contribution is 2.24. The van der Waals surface area contributed by atoms with Crippen molar-refractivity contribution in [3.05, 3.63) is 23.8 Å². The van der Waals surface area contributed by atoms with Crippen LogP contribution in [0.4, 0.5) is 0 Å². The third kappa shape index (κ3) is 2.50. The average Bonchev–Trinajstić information content (AvgIpc) is 2.39. The first-order valence-corrected chi connectivity index (χ1v) is 7.35. The predicted octanol–water partition coefficient (Wildman–Crippen LogP) is 0.598. The summed E-state index contributed by atoms with van der Waals surface area (Å²) in [6, 6.07) is 5.04. The van der Waals surface area contributed by atoms with Gasteiger partial charge in [0.05, 0.1) is 12.0 Å². The number of rotatable bonds is 3. The van der Waals surface area contributed by atoms with E-state index in [9.17, 15) is 8.42 Å². The van der Waals surface area contributed by atoms with Crippen molar-refractivity contribution in [2.75, 3.05) is 33.3 Å². The van der Waals surface area contributed by atoms with Crippen LogP contribution in [-0.2, 0) is 10.0 Å². The van der Waals surface area contributed by atoms with Gasteiger partial charge in [-0.15, -0.1) is 0 Å². The number of hydrogen-bond acceptors (Lipinski definition) is 4. The van der Waals surface area contributed by atoms with Crippen molar-refractivity contribution in [3.8, 4) is 5.75 Å². The van der Waals surface area contributed by atoms with E-state index in [-0.39, 0.29) is 0 Å². The molecule has 1 aliphatic heterocycles. The Bertz CT molecular complexity index is 522. The zero-order chi connectivity index (χ0) is 13.2. The highest BCUT2D eigenvalue weighted by atomic mass is 32.2. The smallest absolute Gasteiger partial charge is 0.243 e. The molecule has 0 bridgehead atoms. The number of methoxy groups -OCH3 is 1. The number of piperazine rings is 1. The van der Waals surface area contributed by atoms with Crippen molar-refractivity contribution in [1.29, 1.82) is 0 Å². The molecule has 0 spiro atoms. The van der Waals surface area contributed by atoms with Gasteiger partial charge in [-0.2, -0.15) is 4.31 Å². The van der Waals surface area contributed by atoms with E-state index in [1.54, 1.807) is 32.2 Å². The maximum atomic E-state index is 12.5. The molecule has 0 saturated carbocycles. The molecule has 6 heteroatoms. The van der Waals surface area contributed by atoms with Crippen LogP contribution in [0.3, 0.4) is 0 Å². The first kappa shape index (κ1) is 13.3. The van der Waals surface area contributed by atoms with Crippen LogP contribution >= 0.6 is 0 Å². The highest BCUT2D eigenvalue weighted by Gasteiger charge is 2.27. The van der Waals surface area contributed by atoms with Crippen LogP contribution in [0.15, 0.2) is 23.1 Å². The molecule has 1 N–H and O–H groups in total. The van der Waals surface area contributed by atoms with Gasteiger partial charge >= 0.3 is 0 Å². The van der Waals surface area contributed by atoms with Gasteiger partial charge in [0.25, 0.3) is 0 Å². The fraction of sp³-hybridized carbons (Fsp3) is 0.500. The van der Waals surface area contributed by atoms with Crippen molar-refractivity contribution in [2.24, 2.45) is 0 Å². The van der Waals surface area contributed by atoms with E-state index in [1.807, 2.05) is 0 Å². The highest BCUT2D eigenvalue weighted by molar-refractivity contribution is 7.89. The molecule has 100 valence electrons. The lowest BCUT2D eigenvalue weighted by Gasteiger charge is -2.27. The summed E-state index contributed by atoms with van der Waals surface area (Å²) in [7, 11) is -1.81. The van der Waals surface area contributed by atoms with Gasteiger partial charge in [0, 0.05) is 26.2 Å². The van der Waals surface area contributed by atoms with Crippen LogP contribution in [0.1, 0.15) is 5.56 Å². The maximum absolute atomic E-state index is 12.5. The molecule has 1 aromatic rings. The summed E-state index contributed by atoms with van der Waals surface area (Å²) in [5.41, 5.74) is 0.716. The van der Waals surface area contributed by atoms with E-state index >= 15 is 0 Å². The Morgan fingerprint density at radius 3 is 2.50 bits per heavy atom. The quantitative estimate of drug-likeness (QED) is 0.873. The zero-order valence-corrected chi connectivity index (χ0v) is 11.5. The second kappa shape index (κ2) is 5.26. The number of benzene rings is 1. The van der Waals surface area contributed by atoms with Crippen LogP contribution in [0, 0.1) is 6.92 Å². The fourth-order valence-corrected chi connectivity index (χ4v) is 3.71. The van der Waals surface area contributed by atoms with Gasteiger partial charge in [-0.25, -0.2) is 8.42 Å². The van der Waals surface area contributed by atoms with Crippen LogP contribution in [-0.4, -0.2) is 46.0 Å². The number of ether oxygens (including phenoxy) is 1. The van der Waals surface area contributed by atoms with Crippen LogP contribution in [0.2, 0.25) is 0 Å². The molecular formula is C12H18N2O3S. The standard InChI is InChI=1S/C12H18N2O3S/c1-10-9-11(17-2)3-4-12(10)18(15,16)14-7-5-13-6-8-14/h3-4,9,13H,5-8H2,1-2H3. The lowest BCUT2D eigenvalue weighted by molar-refractivity contribution is 0.360. The second-order valence-electron chi connectivity index (χ2n) is 4.29. The molecule has 2 rings (SSSR count). The molecule has 0 atom stereocenters. The summed E-state index contributed by atoms with van der Waals surface area (Å²) in [5.74, 6) is 0.673. The Balaban J connectivity index is 2.34. The lowest BCUT2D eigenvalue weighted by Crippen LogP contribution is -2.46. The minimum Gasteiger partial charge on any atom is -0.497 e. The Labute approximate surface area is 108 Å². The van der Waals surface area contributed by atoms with Gasteiger partial charge in [0.1, 0.15) is 5.75 Å². The lowest BCUT2D eigenvalue weighted by atomic mass is 10.2. The Morgan fingerprint density at radius 2 is 1.94 bits per heavy atom. The summed E-state index contributed by atoms with van der Waals surface area (Å²) in [4.78, 5) is 0.366. The van der Waals surface area contributed by atoms with E-state index in [4.69, 9.17) is 4.74 Å². The van der Waals surface area contributed by atoms with Gasteiger partial charge in [0.2, 0.25) is 10.0 Å². The maximum Gasteiger partial charge on any atom is 0.243 e. The van der Waals surface area contributed by atoms with E-state index in [0.717, 1.165) is 0 Å². The molecule has 0 aliphatic carbocycles. The first-order chi connectivity index (χ1) is 8.55. The minimum atomic E-state index is -3.38. The van der Waals surface area contributed by atoms with Gasteiger partial charge in [-0.1, -0.05) is 0 Å². The van der Waals surface area contributed by atoms with Gasteiger partial charge < -0.3 is 10.1 Å². The number of sulfonamides is 1. The third-order valence-electron chi connectivity index (χ3n) is 3.08. The largest absolute Gasteiger partial charge is 0.497 e. The summed E-state index contributed by atoms with van der Waals surface area (Å²) in [5, 5.41) is 3.15. The van der Waals surface area contributed by atoms with Gasteiger partial charge in [-0.3, -0.25) is 0 Å². The summed E-state index contributed by atoms with van der Waals surface area (Å²) in [6.07, 6.45) is 0. The normalized spacial score (nSPS) is 17.7. The third-order valence-corrected chi connectivity index (χ3v) is 5.13. The summed E-state index contributed by atoms with van der Waals surface area (Å²) >= 11 is 0. The molecule has 1 heterocycles. The van der Waals surface area contributed by atoms with Crippen molar-refractivity contribution in [3.63, 3.8) is 0 Å². The van der Waals surface area contributed by atoms with E-state index in [0.29, 0.717) is 42.4 Å². The average molecular weight is 270 g/mol.